The molecule has 1 amide bonds. The second-order valence-corrected chi connectivity index (χ2v) is 7.18. The summed E-state index contributed by atoms with van der Waals surface area (Å²) in [5.74, 6) is 1.16. The number of anilines is 1. The largest absolute Gasteiger partial charge is 0.432 e. The van der Waals surface area contributed by atoms with Crippen molar-refractivity contribution in [3.8, 4) is 5.75 Å². The molecule has 1 heterocycles. The molecule has 0 atom stereocenters. The van der Waals surface area contributed by atoms with E-state index in [2.05, 4.69) is 17.1 Å². The van der Waals surface area contributed by atoms with Crippen molar-refractivity contribution in [3.05, 3.63) is 59.7 Å². The first-order chi connectivity index (χ1) is 12.5. The highest BCUT2D eigenvalue weighted by Gasteiger charge is 2.19. The van der Waals surface area contributed by atoms with Crippen molar-refractivity contribution in [2.45, 2.75) is 26.7 Å². The molecular formula is C21H24N2O2S. The zero-order chi connectivity index (χ0) is 18.5. The summed E-state index contributed by atoms with van der Waals surface area (Å²) in [4.78, 5) is 14.6. The number of nitrogens with zero attached hydrogens (tertiary/aromatic N) is 1. The monoisotopic (exact) mass is 368 g/mol. The lowest BCUT2D eigenvalue weighted by atomic mass is 10.00. The van der Waals surface area contributed by atoms with Gasteiger partial charge in [0, 0.05) is 24.3 Å². The Hall–Kier alpha value is -2.40. The van der Waals surface area contributed by atoms with Crippen molar-refractivity contribution < 1.29 is 9.53 Å². The van der Waals surface area contributed by atoms with Gasteiger partial charge < -0.3 is 15.0 Å². The molecule has 1 fully saturated rings. The van der Waals surface area contributed by atoms with Crippen LogP contribution in [-0.2, 0) is 0 Å². The standard InChI is InChI=1S/C21H24N2O2S/c1-15-10-12-23(13-11-15)21(26)25-18-8-5-7-17(14-18)20(24)22-19-9-4-3-6-16(19)2/h3-9,14-15H,10-13H2,1-2H3,(H,22,24). The Kier molecular flexibility index (Phi) is 5.89. The van der Waals surface area contributed by atoms with Gasteiger partial charge in [0.15, 0.2) is 0 Å². The number of benzene rings is 2. The van der Waals surface area contributed by atoms with Crippen LogP contribution in [0.25, 0.3) is 0 Å². The van der Waals surface area contributed by atoms with E-state index in [4.69, 9.17) is 17.0 Å². The molecule has 0 bridgehead atoms. The molecule has 2 aromatic rings. The van der Waals surface area contributed by atoms with Gasteiger partial charge in [0.05, 0.1) is 0 Å². The Bertz CT molecular complexity index is 798. The molecule has 136 valence electrons. The Morgan fingerprint density at radius 2 is 1.88 bits per heavy atom. The van der Waals surface area contributed by atoms with E-state index >= 15 is 0 Å². The molecule has 5 heteroatoms. The molecule has 1 aliphatic heterocycles. The molecule has 0 radical (unpaired) electrons. The smallest absolute Gasteiger partial charge is 0.264 e. The molecule has 26 heavy (non-hydrogen) atoms. The summed E-state index contributed by atoms with van der Waals surface area (Å²) >= 11 is 5.43. The van der Waals surface area contributed by atoms with E-state index in [1.165, 1.54) is 0 Å². The number of likely N-dealkylation sites (tertiary alicyclic amines) is 1. The SMILES string of the molecule is Cc1ccccc1NC(=O)c1cccc(OC(=S)N2CCC(C)CC2)c1. The molecule has 1 saturated heterocycles. The molecule has 0 saturated carbocycles. The van der Waals surface area contributed by atoms with Crippen LogP contribution in [0.2, 0.25) is 0 Å². The van der Waals surface area contributed by atoms with E-state index in [-0.39, 0.29) is 5.91 Å². The van der Waals surface area contributed by atoms with E-state index in [0.717, 1.165) is 43.1 Å². The van der Waals surface area contributed by atoms with Gasteiger partial charge in [-0.15, -0.1) is 0 Å². The van der Waals surface area contributed by atoms with Gasteiger partial charge >= 0.3 is 0 Å². The Balaban J connectivity index is 1.65. The Morgan fingerprint density at radius 1 is 1.15 bits per heavy atom. The van der Waals surface area contributed by atoms with Crippen LogP contribution in [0.15, 0.2) is 48.5 Å². The Morgan fingerprint density at radius 3 is 2.62 bits per heavy atom. The maximum Gasteiger partial charge on any atom is 0.264 e. The van der Waals surface area contributed by atoms with Gasteiger partial charge in [0.25, 0.3) is 11.1 Å². The van der Waals surface area contributed by atoms with Crippen molar-refractivity contribution in [2.24, 2.45) is 5.92 Å². The lowest BCUT2D eigenvalue weighted by molar-refractivity contribution is 0.102. The predicted molar refractivity (Wildman–Crippen MR) is 109 cm³/mol. The summed E-state index contributed by atoms with van der Waals surface area (Å²) in [6.45, 7) is 6.08. The summed E-state index contributed by atoms with van der Waals surface area (Å²) in [7, 11) is 0. The average molecular weight is 369 g/mol. The van der Waals surface area contributed by atoms with Crippen LogP contribution in [0, 0.1) is 12.8 Å². The number of para-hydroxylation sites is 1. The zero-order valence-electron chi connectivity index (χ0n) is 15.2. The van der Waals surface area contributed by atoms with E-state index in [1.54, 1.807) is 12.1 Å². The van der Waals surface area contributed by atoms with Crippen molar-refractivity contribution >= 4 is 29.0 Å². The topological polar surface area (TPSA) is 41.6 Å². The highest BCUT2D eigenvalue weighted by molar-refractivity contribution is 7.80. The second kappa shape index (κ2) is 8.32. The van der Waals surface area contributed by atoms with Gasteiger partial charge in [-0.2, -0.15) is 0 Å². The fraction of sp³-hybridized carbons (Fsp3) is 0.333. The van der Waals surface area contributed by atoms with Crippen LogP contribution in [-0.4, -0.2) is 29.1 Å². The number of carbonyl (C=O) groups is 1. The van der Waals surface area contributed by atoms with Gasteiger partial charge in [-0.1, -0.05) is 31.2 Å². The normalized spacial score (nSPS) is 14.8. The van der Waals surface area contributed by atoms with Crippen LogP contribution in [0.4, 0.5) is 5.69 Å². The maximum absolute atomic E-state index is 12.5. The van der Waals surface area contributed by atoms with Crippen LogP contribution in [0.3, 0.4) is 0 Å². The first kappa shape index (κ1) is 18.4. The molecule has 1 aliphatic rings. The number of hydrogen-bond acceptors (Lipinski definition) is 3. The molecule has 2 aromatic carbocycles. The summed E-state index contributed by atoms with van der Waals surface area (Å²) in [6, 6.07) is 14.8. The molecule has 0 aliphatic carbocycles. The van der Waals surface area contributed by atoms with Crippen molar-refractivity contribution in [3.63, 3.8) is 0 Å². The van der Waals surface area contributed by atoms with Gasteiger partial charge in [0.2, 0.25) is 0 Å². The number of hydrogen-bond donors (Lipinski definition) is 1. The minimum absolute atomic E-state index is 0.164. The fourth-order valence-corrected chi connectivity index (χ4v) is 3.24. The third-order valence-electron chi connectivity index (χ3n) is 4.74. The van der Waals surface area contributed by atoms with E-state index in [1.807, 2.05) is 43.3 Å². The number of nitrogens with one attached hydrogen (secondary N) is 1. The molecule has 0 aromatic heterocycles. The fourth-order valence-electron chi connectivity index (χ4n) is 2.96. The van der Waals surface area contributed by atoms with Crippen LogP contribution in [0.1, 0.15) is 35.7 Å². The minimum atomic E-state index is -0.164. The first-order valence-corrected chi connectivity index (χ1v) is 9.37. The Labute approximate surface area is 160 Å². The van der Waals surface area contributed by atoms with Crippen molar-refractivity contribution in [1.82, 2.24) is 4.90 Å². The quantitative estimate of drug-likeness (QED) is 0.801. The maximum atomic E-state index is 12.5. The van der Waals surface area contributed by atoms with Gasteiger partial charge in [-0.05, 0) is 67.7 Å². The van der Waals surface area contributed by atoms with E-state index in [9.17, 15) is 4.79 Å². The summed E-state index contributed by atoms with van der Waals surface area (Å²) in [6.07, 6.45) is 2.25. The number of carbonyl (C=O) groups excluding carboxylic acids is 1. The number of amides is 1. The third kappa shape index (κ3) is 4.61. The third-order valence-corrected chi connectivity index (χ3v) is 5.08. The lowest BCUT2D eigenvalue weighted by Crippen LogP contribution is -2.39. The number of piperidine rings is 1. The van der Waals surface area contributed by atoms with Gasteiger partial charge in [0.1, 0.15) is 5.75 Å². The number of aryl methyl sites for hydroxylation is 1. The van der Waals surface area contributed by atoms with Gasteiger partial charge in [-0.25, -0.2) is 0 Å². The number of rotatable bonds is 3. The number of thiocarbonyl (C=S) groups is 1. The second-order valence-electron chi connectivity index (χ2n) is 6.83. The number of ether oxygens (including phenoxy) is 1. The molecule has 3 rings (SSSR count). The predicted octanol–water partition coefficient (Wildman–Crippen LogP) is 4.64. The summed E-state index contributed by atoms with van der Waals surface area (Å²) < 4.78 is 5.83. The van der Waals surface area contributed by atoms with E-state index < -0.39 is 0 Å². The molecule has 0 unspecified atom stereocenters. The first-order valence-electron chi connectivity index (χ1n) is 8.97. The van der Waals surface area contributed by atoms with Crippen molar-refractivity contribution in [2.75, 3.05) is 18.4 Å². The highest BCUT2D eigenvalue weighted by Crippen LogP contribution is 2.20. The minimum Gasteiger partial charge on any atom is -0.432 e. The summed E-state index contributed by atoms with van der Waals surface area (Å²) in [5.41, 5.74) is 2.37. The van der Waals surface area contributed by atoms with Gasteiger partial charge in [-0.3, -0.25) is 4.79 Å². The molecule has 1 N–H and O–H groups in total. The van der Waals surface area contributed by atoms with Crippen molar-refractivity contribution in [1.29, 1.82) is 0 Å². The molecule has 0 spiro atoms. The van der Waals surface area contributed by atoms with Crippen LogP contribution < -0.4 is 10.1 Å². The van der Waals surface area contributed by atoms with E-state index in [0.29, 0.717) is 16.5 Å². The highest BCUT2D eigenvalue weighted by atomic mass is 32.1. The zero-order valence-corrected chi connectivity index (χ0v) is 16.0. The van der Waals surface area contributed by atoms with Crippen LogP contribution >= 0.6 is 12.2 Å². The lowest BCUT2D eigenvalue weighted by Gasteiger charge is -2.31. The van der Waals surface area contributed by atoms with Crippen LogP contribution in [0.5, 0.6) is 5.75 Å². The molecule has 4 nitrogen and oxygen atoms in total. The summed E-state index contributed by atoms with van der Waals surface area (Å²) in [5, 5.41) is 3.42. The average Bonchev–Trinajstić information content (AvgIpc) is 2.64. The molecular weight excluding hydrogens is 344 g/mol.